The molecule has 2 N–H and O–H groups in total. The lowest BCUT2D eigenvalue weighted by Crippen LogP contribution is -2.41. The summed E-state index contributed by atoms with van der Waals surface area (Å²) in [4.78, 5) is 34.0. The second kappa shape index (κ2) is 11.7. The summed E-state index contributed by atoms with van der Waals surface area (Å²) in [5, 5.41) is 2.66. The third-order valence-corrected chi connectivity index (χ3v) is 9.02. The fourth-order valence-corrected chi connectivity index (χ4v) is 6.56. The van der Waals surface area contributed by atoms with Crippen LogP contribution in [0, 0.1) is 17.7 Å². The first-order chi connectivity index (χ1) is 20.9. The molecule has 2 saturated heterocycles. The number of imidazole rings is 1. The number of nitrogens with one attached hydrogen (secondary N) is 2. The topological polar surface area (TPSA) is 106 Å². The molecular weight excluding hydrogens is 573 g/mol. The van der Waals surface area contributed by atoms with E-state index >= 15 is 0 Å². The summed E-state index contributed by atoms with van der Waals surface area (Å²) in [6.45, 7) is 4.80. The van der Waals surface area contributed by atoms with Gasteiger partial charge in [0.15, 0.2) is 17.6 Å². The molecule has 43 heavy (non-hydrogen) atoms. The Morgan fingerprint density at radius 2 is 1.88 bits per heavy atom. The third-order valence-electron chi connectivity index (χ3n) is 8.73. The average Bonchev–Trinajstić information content (AvgIpc) is 3.63. The zero-order valence-electron chi connectivity index (χ0n) is 23.8. The number of ether oxygens (including phenoxy) is 1. The van der Waals surface area contributed by atoms with Crippen molar-refractivity contribution in [1.29, 1.82) is 0 Å². The predicted octanol–water partition coefficient (Wildman–Crippen LogP) is 5.93. The van der Waals surface area contributed by atoms with Gasteiger partial charge in [-0.05, 0) is 48.4 Å². The third kappa shape index (κ3) is 5.52. The number of anilines is 1. The molecule has 0 radical (unpaired) electrons. The smallest absolute Gasteiger partial charge is 0.377 e. The van der Waals surface area contributed by atoms with Crippen LogP contribution in [0.3, 0.4) is 0 Å². The molecule has 0 spiro atoms. The van der Waals surface area contributed by atoms with Gasteiger partial charge in [-0.1, -0.05) is 61.7 Å². The van der Waals surface area contributed by atoms with Crippen molar-refractivity contribution in [3.63, 3.8) is 0 Å². The molecule has 1 aliphatic carbocycles. The summed E-state index contributed by atoms with van der Waals surface area (Å²) in [6, 6.07) is 14.8. The maximum Gasteiger partial charge on any atom is 0.427 e. The number of morpholine rings is 1. The molecular formula is C31H33ClFN7O3. The quantitative estimate of drug-likeness (QED) is 0.278. The fourth-order valence-electron chi connectivity index (χ4n) is 6.38. The number of hydroxylamine groups is 1. The molecule has 2 aromatic carbocycles. The normalized spacial score (nSPS) is 24.3. The minimum absolute atomic E-state index is 0.00804. The van der Waals surface area contributed by atoms with Gasteiger partial charge in [-0.15, -0.1) is 5.48 Å². The lowest BCUT2D eigenvalue weighted by Gasteiger charge is -2.37. The minimum Gasteiger partial charge on any atom is -0.377 e. The first kappa shape index (κ1) is 28.0. The van der Waals surface area contributed by atoms with Crippen molar-refractivity contribution in [1.82, 2.24) is 30.3 Å². The molecule has 4 aromatic rings. The number of carbonyl (C=O) groups excluding carboxylic acids is 1. The summed E-state index contributed by atoms with van der Waals surface area (Å²) in [7, 11) is 0. The Hall–Kier alpha value is -3.80. The number of fused-ring (bicyclic) bond motifs is 1. The van der Waals surface area contributed by atoms with E-state index in [1.165, 1.54) is 18.9 Å². The number of halogens is 2. The summed E-state index contributed by atoms with van der Waals surface area (Å²) in [5.41, 5.74) is 6.16. The zero-order chi connectivity index (χ0) is 29.5. The maximum absolute atomic E-state index is 14.3. The fraction of sp³-hybridized carbons (Fsp3) is 0.419. The van der Waals surface area contributed by atoms with E-state index in [1.54, 1.807) is 12.1 Å². The Morgan fingerprint density at radius 1 is 1.07 bits per heavy atom. The maximum atomic E-state index is 14.3. The Kier molecular flexibility index (Phi) is 7.62. The number of hydrogen-bond donors (Lipinski definition) is 2. The number of nitrogens with zero attached hydrogens (tertiary/aromatic N) is 5. The van der Waals surface area contributed by atoms with Gasteiger partial charge >= 0.3 is 6.09 Å². The molecule has 3 fully saturated rings. The molecule has 1 unspecified atom stereocenters. The van der Waals surface area contributed by atoms with Gasteiger partial charge in [-0.3, -0.25) is 5.32 Å². The van der Waals surface area contributed by atoms with Crippen LogP contribution in [0.15, 0.2) is 48.5 Å². The van der Waals surface area contributed by atoms with Gasteiger partial charge in [0, 0.05) is 18.7 Å². The Balaban J connectivity index is 1.43. The number of aromatic nitrogens is 4. The number of amides is 1. The van der Waals surface area contributed by atoms with E-state index in [2.05, 4.69) is 39.3 Å². The molecule has 2 aliphatic heterocycles. The van der Waals surface area contributed by atoms with Crippen LogP contribution < -0.4 is 15.7 Å². The first-order valence-electron chi connectivity index (χ1n) is 14.8. The number of benzene rings is 2. The van der Waals surface area contributed by atoms with Gasteiger partial charge in [0.05, 0.1) is 24.3 Å². The largest absolute Gasteiger partial charge is 0.427 e. The Morgan fingerprint density at radius 3 is 2.63 bits per heavy atom. The summed E-state index contributed by atoms with van der Waals surface area (Å²) in [5.74, 6) is 1.72. The van der Waals surface area contributed by atoms with Gasteiger partial charge < -0.3 is 19.0 Å². The van der Waals surface area contributed by atoms with Crippen molar-refractivity contribution in [3.8, 4) is 11.3 Å². The highest BCUT2D eigenvalue weighted by atomic mass is 35.5. The van der Waals surface area contributed by atoms with Gasteiger partial charge in [0.25, 0.3) is 0 Å². The van der Waals surface area contributed by atoms with Crippen molar-refractivity contribution in [2.24, 2.45) is 11.8 Å². The van der Waals surface area contributed by atoms with Crippen molar-refractivity contribution in [2.75, 3.05) is 24.7 Å². The van der Waals surface area contributed by atoms with E-state index in [1.807, 2.05) is 18.2 Å². The molecule has 224 valence electrons. The monoisotopic (exact) mass is 605 g/mol. The molecule has 0 bridgehead atoms. The molecule has 10 nitrogen and oxygen atoms in total. The van der Waals surface area contributed by atoms with Crippen LogP contribution in [0.25, 0.3) is 22.4 Å². The molecule has 2 aromatic heterocycles. The van der Waals surface area contributed by atoms with Crippen LogP contribution in [0.4, 0.5) is 15.1 Å². The molecule has 3 aliphatic rings. The number of rotatable bonds is 6. The van der Waals surface area contributed by atoms with Gasteiger partial charge in [-0.2, -0.15) is 4.98 Å². The van der Waals surface area contributed by atoms with E-state index in [4.69, 9.17) is 36.1 Å². The first-order valence-corrected chi connectivity index (χ1v) is 15.2. The molecule has 1 amide bonds. The van der Waals surface area contributed by atoms with Crippen LogP contribution in [0.2, 0.25) is 5.02 Å². The minimum atomic E-state index is -0.777. The van der Waals surface area contributed by atoms with E-state index < -0.39 is 18.1 Å². The number of hydrogen-bond acceptors (Lipinski definition) is 8. The van der Waals surface area contributed by atoms with Crippen LogP contribution in [-0.4, -0.2) is 45.4 Å². The zero-order valence-corrected chi connectivity index (χ0v) is 24.6. The standard InChI is InChI=1S/C31H33ClFN7O3/c1-18-7-9-19(10-8-18)16-40-26-25(21-11-12-23(33)22(32)15-21)34-28(29-37-31(41)43-38-29)35-27(26)36-30(40)39-13-14-42-17-24(39)20-5-3-2-4-6-20/h2-6,11-12,15,18-19,24,29,38H,7-10,13-14,16-17H2,1H3,(H,37,41)/t18?,19?,24-,29?/m0/s1. The van der Waals surface area contributed by atoms with E-state index in [0.717, 1.165) is 42.3 Å². The summed E-state index contributed by atoms with van der Waals surface area (Å²) < 4.78 is 22.5. The van der Waals surface area contributed by atoms with Gasteiger partial charge in [-0.25, -0.2) is 19.2 Å². The van der Waals surface area contributed by atoms with Gasteiger partial charge in [0.2, 0.25) is 5.95 Å². The highest BCUT2D eigenvalue weighted by molar-refractivity contribution is 6.31. The number of carbonyl (C=O) groups is 1. The molecule has 1 saturated carbocycles. The predicted molar refractivity (Wildman–Crippen MR) is 160 cm³/mol. The summed E-state index contributed by atoms with van der Waals surface area (Å²) in [6.07, 6.45) is 3.21. The van der Waals surface area contributed by atoms with Crippen LogP contribution in [0.5, 0.6) is 0 Å². The second-order valence-corrected chi connectivity index (χ2v) is 12.1. The molecule has 4 heterocycles. The molecule has 12 heteroatoms. The van der Waals surface area contributed by atoms with E-state index in [-0.39, 0.29) is 16.9 Å². The lowest BCUT2D eigenvalue weighted by molar-refractivity contribution is 0.0927. The van der Waals surface area contributed by atoms with Crippen LogP contribution in [0.1, 0.15) is 56.2 Å². The van der Waals surface area contributed by atoms with Crippen LogP contribution in [-0.2, 0) is 16.1 Å². The SMILES string of the molecule is CC1CCC(Cn2c(N3CCOC[C@H]3c3ccccc3)nc3nc(C4NOC(=O)N4)nc(-c4ccc(F)c(Cl)c4)c32)CC1. The molecule has 2 atom stereocenters. The average molecular weight is 606 g/mol. The lowest BCUT2D eigenvalue weighted by atomic mass is 9.83. The van der Waals surface area contributed by atoms with Crippen molar-refractivity contribution < 1.29 is 18.8 Å². The van der Waals surface area contributed by atoms with Crippen molar-refractivity contribution in [2.45, 2.75) is 51.4 Å². The van der Waals surface area contributed by atoms with E-state index in [0.29, 0.717) is 42.6 Å². The van der Waals surface area contributed by atoms with Crippen molar-refractivity contribution in [3.05, 3.63) is 70.8 Å². The Bertz CT molecular complexity index is 1640. The molecule has 7 rings (SSSR count). The highest BCUT2D eigenvalue weighted by Gasteiger charge is 2.34. The Labute approximate surface area is 253 Å². The van der Waals surface area contributed by atoms with Gasteiger partial charge in [0.1, 0.15) is 17.0 Å². The second-order valence-electron chi connectivity index (χ2n) is 11.7. The van der Waals surface area contributed by atoms with Crippen molar-refractivity contribution >= 4 is 34.8 Å². The summed E-state index contributed by atoms with van der Waals surface area (Å²) >= 11 is 6.27. The van der Waals surface area contributed by atoms with E-state index in [9.17, 15) is 9.18 Å². The highest BCUT2D eigenvalue weighted by Crippen LogP contribution is 2.38. The van der Waals surface area contributed by atoms with Crippen LogP contribution >= 0.6 is 11.6 Å².